The number of rotatable bonds is 7. The molecule has 0 spiro atoms. The summed E-state index contributed by atoms with van der Waals surface area (Å²) in [5.74, 6) is -1.68. The molecule has 1 N–H and O–H groups in total. The van der Waals surface area contributed by atoms with Crippen LogP contribution in [-0.2, 0) is 19.6 Å². The molecule has 2 aromatic carbocycles. The average molecular weight is 512 g/mol. The monoisotopic (exact) mass is 511 g/mol. The smallest absolute Gasteiger partial charge is 0.295 e. The van der Waals surface area contributed by atoms with E-state index in [0.29, 0.717) is 13.1 Å². The van der Waals surface area contributed by atoms with Crippen molar-refractivity contribution in [3.05, 3.63) is 70.8 Å². The molecular weight excluding hydrogens is 478 g/mol. The second kappa shape index (κ2) is 10.5. The molecule has 4 rings (SSSR count). The van der Waals surface area contributed by atoms with E-state index in [9.17, 15) is 23.1 Å². The number of piperidine rings is 1. The number of benzene rings is 2. The number of aliphatic hydroxyl groups excluding tert-OH is 1. The number of ketones is 1. The molecule has 8 nitrogen and oxygen atoms in total. The first-order chi connectivity index (χ1) is 17.1. The van der Waals surface area contributed by atoms with Crippen LogP contribution in [0.5, 0.6) is 0 Å². The SMILES string of the molecule is Cc1ccc([C@H]2C(=C(O)c3ccc(S(=O)(=O)N(C)C)cc3)C(=O)C(=O)N2CCN2CCCCC2)cc1. The topological polar surface area (TPSA) is 98.2 Å². The molecule has 2 aliphatic heterocycles. The van der Waals surface area contributed by atoms with Gasteiger partial charge in [-0.15, -0.1) is 0 Å². The predicted molar refractivity (Wildman–Crippen MR) is 138 cm³/mol. The molecule has 2 heterocycles. The Bertz CT molecular complexity index is 1260. The summed E-state index contributed by atoms with van der Waals surface area (Å²) in [5.41, 5.74) is 2.08. The number of carbonyl (C=O) groups is 2. The minimum absolute atomic E-state index is 0.0192. The van der Waals surface area contributed by atoms with E-state index in [1.807, 2.05) is 31.2 Å². The maximum Gasteiger partial charge on any atom is 0.295 e. The lowest BCUT2D eigenvalue weighted by molar-refractivity contribution is -0.140. The Morgan fingerprint density at radius 2 is 1.56 bits per heavy atom. The van der Waals surface area contributed by atoms with E-state index >= 15 is 0 Å². The first-order valence-corrected chi connectivity index (χ1v) is 13.7. The van der Waals surface area contributed by atoms with Crippen LogP contribution in [0, 0.1) is 6.92 Å². The number of hydrogen-bond donors (Lipinski definition) is 1. The fourth-order valence-corrected chi connectivity index (χ4v) is 5.69. The third kappa shape index (κ3) is 5.09. The number of nitrogens with zero attached hydrogens (tertiary/aromatic N) is 3. The fraction of sp³-hybridized carbons (Fsp3) is 0.407. The van der Waals surface area contributed by atoms with E-state index in [-0.39, 0.29) is 21.8 Å². The van der Waals surface area contributed by atoms with Gasteiger partial charge in [0.1, 0.15) is 5.76 Å². The van der Waals surface area contributed by atoms with Gasteiger partial charge >= 0.3 is 0 Å². The molecule has 1 amide bonds. The summed E-state index contributed by atoms with van der Waals surface area (Å²) in [7, 11) is -0.760. The van der Waals surface area contributed by atoms with Gasteiger partial charge in [0.15, 0.2) is 0 Å². The molecule has 2 fully saturated rings. The van der Waals surface area contributed by atoms with E-state index in [1.165, 1.54) is 44.8 Å². The number of hydrogen-bond acceptors (Lipinski definition) is 6. The number of aryl methyl sites for hydroxylation is 1. The first-order valence-electron chi connectivity index (χ1n) is 12.2. The molecule has 0 aromatic heterocycles. The van der Waals surface area contributed by atoms with Crippen molar-refractivity contribution in [1.29, 1.82) is 0 Å². The average Bonchev–Trinajstić information content (AvgIpc) is 3.13. The number of Topliss-reactive ketones (excluding diaryl/α,β-unsaturated/α-hetero) is 1. The number of carbonyl (C=O) groups excluding carboxylic acids is 2. The molecule has 0 aliphatic carbocycles. The summed E-state index contributed by atoms with van der Waals surface area (Å²) in [4.78, 5) is 30.3. The molecule has 0 radical (unpaired) electrons. The van der Waals surface area contributed by atoms with Crippen molar-refractivity contribution in [3.63, 3.8) is 0 Å². The third-order valence-corrected chi connectivity index (χ3v) is 8.77. The summed E-state index contributed by atoms with van der Waals surface area (Å²) in [6.45, 7) is 4.94. The molecule has 0 saturated carbocycles. The highest BCUT2D eigenvalue weighted by atomic mass is 32.2. The molecule has 192 valence electrons. The molecule has 1 atom stereocenters. The maximum atomic E-state index is 13.2. The van der Waals surface area contributed by atoms with Crippen molar-refractivity contribution in [2.45, 2.75) is 37.1 Å². The van der Waals surface area contributed by atoms with Crippen LogP contribution < -0.4 is 0 Å². The van der Waals surface area contributed by atoms with Gasteiger partial charge in [0.2, 0.25) is 10.0 Å². The summed E-state index contributed by atoms with van der Waals surface area (Å²) < 4.78 is 25.9. The van der Waals surface area contributed by atoms with Gasteiger partial charge in [-0.1, -0.05) is 36.2 Å². The van der Waals surface area contributed by atoms with Crippen LogP contribution in [-0.4, -0.2) is 79.6 Å². The summed E-state index contributed by atoms with van der Waals surface area (Å²) >= 11 is 0. The van der Waals surface area contributed by atoms with Crippen LogP contribution in [0.15, 0.2) is 59.0 Å². The van der Waals surface area contributed by atoms with Crippen molar-refractivity contribution < 1.29 is 23.1 Å². The van der Waals surface area contributed by atoms with Crippen LogP contribution in [0.2, 0.25) is 0 Å². The minimum atomic E-state index is -3.64. The second-order valence-corrected chi connectivity index (χ2v) is 11.8. The van der Waals surface area contributed by atoms with Gasteiger partial charge in [-0.05, 0) is 62.7 Å². The molecule has 0 unspecified atom stereocenters. The van der Waals surface area contributed by atoms with Crippen LogP contribution in [0.3, 0.4) is 0 Å². The molecule has 36 heavy (non-hydrogen) atoms. The van der Waals surface area contributed by atoms with Crippen molar-refractivity contribution in [1.82, 2.24) is 14.1 Å². The lowest BCUT2D eigenvalue weighted by Crippen LogP contribution is -2.39. The zero-order valence-corrected chi connectivity index (χ0v) is 21.8. The van der Waals surface area contributed by atoms with Crippen molar-refractivity contribution in [3.8, 4) is 0 Å². The number of likely N-dealkylation sites (tertiary alicyclic amines) is 2. The molecule has 2 aliphatic rings. The zero-order valence-electron chi connectivity index (χ0n) is 21.0. The third-order valence-electron chi connectivity index (χ3n) is 6.95. The highest BCUT2D eigenvalue weighted by molar-refractivity contribution is 7.89. The van der Waals surface area contributed by atoms with Crippen molar-refractivity contribution in [2.24, 2.45) is 0 Å². The minimum Gasteiger partial charge on any atom is -0.507 e. The first kappa shape index (κ1) is 26.1. The van der Waals surface area contributed by atoms with Crippen LogP contribution in [0.4, 0.5) is 0 Å². The Labute approximate surface area is 212 Å². The van der Waals surface area contributed by atoms with Gasteiger partial charge in [0.05, 0.1) is 16.5 Å². The number of amides is 1. The second-order valence-electron chi connectivity index (χ2n) is 9.62. The van der Waals surface area contributed by atoms with Gasteiger partial charge in [-0.3, -0.25) is 9.59 Å². The van der Waals surface area contributed by atoms with Crippen LogP contribution in [0.25, 0.3) is 5.76 Å². The lowest BCUT2D eigenvalue weighted by Gasteiger charge is -2.31. The normalized spacial score (nSPS) is 20.9. The Kier molecular flexibility index (Phi) is 7.63. The summed E-state index contributed by atoms with van der Waals surface area (Å²) in [5, 5.41) is 11.2. The highest BCUT2D eigenvalue weighted by Crippen LogP contribution is 2.39. The van der Waals surface area contributed by atoms with Gasteiger partial charge < -0.3 is 14.9 Å². The van der Waals surface area contributed by atoms with Gasteiger partial charge in [-0.2, -0.15) is 0 Å². The summed E-state index contributed by atoms with van der Waals surface area (Å²) in [6.07, 6.45) is 3.46. The van der Waals surface area contributed by atoms with Gasteiger partial charge in [-0.25, -0.2) is 12.7 Å². The number of sulfonamides is 1. The van der Waals surface area contributed by atoms with E-state index in [1.54, 1.807) is 4.90 Å². The van der Waals surface area contributed by atoms with Crippen LogP contribution in [0.1, 0.15) is 42.0 Å². The maximum absolute atomic E-state index is 13.2. The lowest BCUT2D eigenvalue weighted by atomic mass is 9.95. The standard InChI is InChI=1S/C27H33N3O5S/c1-19-7-9-20(10-8-19)24-23(25(31)21-11-13-22(14-12-21)36(34,35)28(2)3)26(32)27(33)30(24)18-17-29-15-5-4-6-16-29/h7-14,24,31H,4-6,15-18H2,1-3H3/t24-/m0/s1. The number of aliphatic hydroxyl groups is 1. The summed E-state index contributed by atoms with van der Waals surface area (Å²) in [6, 6.07) is 12.6. The molecule has 9 heteroatoms. The van der Waals surface area contributed by atoms with Gasteiger partial charge in [0.25, 0.3) is 11.7 Å². The zero-order chi connectivity index (χ0) is 26.0. The van der Waals surface area contributed by atoms with Crippen molar-refractivity contribution in [2.75, 3.05) is 40.3 Å². The van der Waals surface area contributed by atoms with E-state index in [0.717, 1.165) is 41.4 Å². The highest BCUT2D eigenvalue weighted by Gasteiger charge is 2.46. The Morgan fingerprint density at radius 3 is 2.14 bits per heavy atom. The molecule has 2 aromatic rings. The van der Waals surface area contributed by atoms with E-state index in [4.69, 9.17) is 0 Å². The Hall–Kier alpha value is -3.01. The molecule has 0 bridgehead atoms. The van der Waals surface area contributed by atoms with Crippen molar-refractivity contribution >= 4 is 27.5 Å². The quantitative estimate of drug-likeness (QED) is 0.348. The Balaban J connectivity index is 1.72. The molecular formula is C27H33N3O5S. The Morgan fingerprint density at radius 1 is 0.944 bits per heavy atom. The molecule has 2 saturated heterocycles. The van der Waals surface area contributed by atoms with E-state index < -0.39 is 27.8 Å². The largest absolute Gasteiger partial charge is 0.507 e. The van der Waals surface area contributed by atoms with Gasteiger partial charge in [0, 0.05) is 32.7 Å². The van der Waals surface area contributed by atoms with Crippen LogP contribution >= 0.6 is 0 Å². The predicted octanol–water partition coefficient (Wildman–Crippen LogP) is 3.15. The van der Waals surface area contributed by atoms with E-state index in [2.05, 4.69) is 4.90 Å². The fourth-order valence-electron chi connectivity index (χ4n) is 4.79.